The summed E-state index contributed by atoms with van der Waals surface area (Å²) < 4.78 is 7.46. The summed E-state index contributed by atoms with van der Waals surface area (Å²) in [5.74, 6) is 2.72. The molecule has 0 N–H and O–H groups in total. The van der Waals surface area contributed by atoms with Crippen molar-refractivity contribution < 1.29 is 0 Å². The molecule has 1 fully saturated rings. The molecule has 4 unspecified atom stereocenters. The number of hydrogen-bond donors (Lipinski definition) is 0. The van der Waals surface area contributed by atoms with Gasteiger partial charge in [0.1, 0.15) is 0 Å². The molecule has 4 aromatic heterocycles. The van der Waals surface area contributed by atoms with Crippen molar-refractivity contribution in [1.29, 1.82) is 0 Å². The van der Waals surface area contributed by atoms with Gasteiger partial charge in [0.2, 0.25) is 0 Å². The minimum absolute atomic E-state index is 0.192. The van der Waals surface area contributed by atoms with E-state index in [2.05, 4.69) is 286 Å². The van der Waals surface area contributed by atoms with Crippen LogP contribution in [-0.2, 0) is 0 Å². The van der Waals surface area contributed by atoms with Crippen molar-refractivity contribution in [3.05, 3.63) is 307 Å². The van der Waals surface area contributed by atoms with Crippen LogP contribution in [0, 0.1) is 5.92 Å². The van der Waals surface area contributed by atoms with E-state index in [1.165, 1.54) is 105 Å². The predicted octanol–water partition coefficient (Wildman–Crippen LogP) is 20.2. The van der Waals surface area contributed by atoms with Crippen LogP contribution in [0.4, 0.5) is 11.4 Å². The van der Waals surface area contributed by atoms with Gasteiger partial charge in [-0.05, 0) is 109 Å². The molecule has 5 aliphatic rings. The van der Waals surface area contributed by atoms with Gasteiger partial charge in [0, 0.05) is 89.2 Å². The smallest absolute Gasteiger partial charge is 0.164 e. The maximum absolute atomic E-state index is 5.31. The van der Waals surface area contributed by atoms with Gasteiger partial charge in [0.05, 0.1) is 44.8 Å². The molecule has 4 aliphatic carbocycles. The van der Waals surface area contributed by atoms with E-state index in [1.807, 2.05) is 18.2 Å². The molecule has 1 saturated carbocycles. The fourth-order valence-electron chi connectivity index (χ4n) is 15.7. The highest BCUT2D eigenvalue weighted by Crippen LogP contribution is 2.59. The van der Waals surface area contributed by atoms with Crippen LogP contribution in [0.15, 0.2) is 291 Å². The number of nitrogens with zero attached hydrogens (tertiary/aromatic N) is 7. The summed E-state index contributed by atoms with van der Waals surface area (Å²) in [4.78, 5) is 18.3. The Morgan fingerprint density at radius 1 is 0.404 bits per heavy atom. The van der Waals surface area contributed by atoms with E-state index in [1.54, 1.807) is 0 Å². The number of aromatic nitrogens is 6. The van der Waals surface area contributed by atoms with Crippen LogP contribution in [0.25, 0.3) is 122 Å². The third-order valence-corrected chi connectivity index (χ3v) is 19.7. The van der Waals surface area contributed by atoms with Crippen LogP contribution in [-0.4, -0.2) is 34.7 Å². The van der Waals surface area contributed by atoms with Gasteiger partial charge >= 0.3 is 0 Å². The van der Waals surface area contributed by atoms with Crippen LogP contribution in [0.3, 0.4) is 0 Å². The lowest BCUT2D eigenvalue weighted by Crippen LogP contribution is -2.31. The fourth-order valence-corrected chi connectivity index (χ4v) is 15.7. The highest BCUT2D eigenvalue weighted by molar-refractivity contribution is 6.17. The Labute approximate surface area is 514 Å². The molecule has 89 heavy (non-hydrogen) atoms. The molecule has 4 atom stereocenters. The zero-order valence-electron chi connectivity index (χ0n) is 48.7. The lowest BCUT2D eigenvalue weighted by Gasteiger charge is -2.45. The highest BCUT2D eigenvalue weighted by atomic mass is 15.2. The SMILES string of the molecule is C1=CC2c3ccccc3N(c3ccc4c5ccc(C6=C7CC(C=C6n6c8ccccc8c8ccccc86)C7c6ccc(-c7nc(-c8ccccc8)nc(-c8cccc(-n9c%10ccccc%10c%10ccccc%109)c8)n7)cc6)cc5n(C5=CCCC=C5)c4c3)C2C=C1. The van der Waals surface area contributed by atoms with Gasteiger partial charge in [-0.25, -0.2) is 15.0 Å². The Kier molecular flexibility index (Phi) is 11.1. The third-order valence-electron chi connectivity index (χ3n) is 19.7. The van der Waals surface area contributed by atoms with Crippen LogP contribution in [0.1, 0.15) is 47.8 Å². The Balaban J connectivity index is 0.749. The first-order chi connectivity index (χ1) is 44.1. The van der Waals surface area contributed by atoms with E-state index in [0.717, 1.165) is 52.7 Å². The minimum Gasteiger partial charge on any atom is -0.333 e. The minimum atomic E-state index is 0.192. The van der Waals surface area contributed by atoms with E-state index >= 15 is 0 Å². The van der Waals surface area contributed by atoms with Crippen molar-refractivity contribution in [3.8, 4) is 39.9 Å². The first-order valence-corrected chi connectivity index (χ1v) is 31.3. The van der Waals surface area contributed by atoms with Gasteiger partial charge in [-0.2, -0.15) is 0 Å². The van der Waals surface area contributed by atoms with Crippen molar-refractivity contribution in [2.75, 3.05) is 4.90 Å². The molecule has 420 valence electrons. The molecular weight excluding hydrogens is 1080 g/mol. The monoisotopic (exact) mass is 1140 g/mol. The van der Waals surface area contributed by atoms with Crippen LogP contribution in [0.5, 0.6) is 0 Å². The third kappa shape index (κ3) is 7.68. The Morgan fingerprint density at radius 2 is 0.978 bits per heavy atom. The maximum atomic E-state index is 5.31. The van der Waals surface area contributed by atoms with Crippen molar-refractivity contribution in [3.63, 3.8) is 0 Å². The second-order valence-corrected chi connectivity index (χ2v) is 24.5. The second-order valence-electron chi connectivity index (χ2n) is 24.5. The van der Waals surface area contributed by atoms with Crippen LogP contribution in [0.2, 0.25) is 0 Å². The van der Waals surface area contributed by atoms with Crippen molar-refractivity contribution >= 4 is 93.8 Å². The number of para-hydroxylation sites is 5. The fraction of sp³-hybridized carbons (Fsp3) is 0.0854. The number of hydrogen-bond acceptors (Lipinski definition) is 4. The van der Waals surface area contributed by atoms with E-state index in [0.29, 0.717) is 29.3 Å². The Morgan fingerprint density at radius 3 is 1.67 bits per heavy atom. The maximum Gasteiger partial charge on any atom is 0.164 e. The molecule has 0 radical (unpaired) electrons. The predicted molar refractivity (Wildman–Crippen MR) is 367 cm³/mol. The summed E-state index contributed by atoms with van der Waals surface area (Å²) in [7, 11) is 0. The molecule has 0 amide bonds. The first-order valence-electron chi connectivity index (χ1n) is 31.3. The number of rotatable bonds is 9. The highest BCUT2D eigenvalue weighted by Gasteiger charge is 2.44. The molecule has 0 saturated heterocycles. The van der Waals surface area contributed by atoms with Gasteiger partial charge in [-0.3, -0.25) is 0 Å². The number of benzene rings is 10. The topological polar surface area (TPSA) is 56.7 Å². The molecule has 14 aromatic rings. The molecule has 10 aromatic carbocycles. The Hall–Kier alpha value is -11.2. The number of fused-ring (bicyclic) bond motifs is 14. The molecule has 1 aliphatic heterocycles. The standard InChI is InChI=1S/C82H57N7/c1-3-20-52(21-4-1)80-83-81(85-82(84-80)55-22-19-25-58(46-55)87-69-32-13-7-26-60(69)61-27-8-14-33-70(61)87)53-40-38-51(39-41-53)78-56-47-68(78)79(77(49-56)89-73-36-17-11-30-64(73)65-31-12-18-37-74(65)89)54-42-44-66-67-45-43-59(50-76(67)86(75(66)48-54)57-23-5-2-6-24-57)88-71-34-15-9-28-62(71)63-29-10-16-35-72(63)88/h1,3-5,7-46,48-50,56,62,71,78H,2,6,47H2. The normalized spacial score (nSPS) is 18.4. The zero-order chi connectivity index (χ0) is 58.3. The van der Waals surface area contributed by atoms with Crippen molar-refractivity contribution in [2.24, 2.45) is 5.92 Å². The lowest BCUT2D eigenvalue weighted by atomic mass is 9.60. The van der Waals surface area contributed by atoms with Crippen LogP contribution < -0.4 is 4.90 Å². The lowest BCUT2D eigenvalue weighted by molar-refractivity contribution is 0.432. The number of anilines is 2. The molecule has 7 heteroatoms. The quantitative estimate of drug-likeness (QED) is 0.145. The summed E-state index contributed by atoms with van der Waals surface area (Å²) in [6.07, 6.45) is 21.9. The summed E-state index contributed by atoms with van der Waals surface area (Å²) in [6, 6.07) is 86.9. The van der Waals surface area contributed by atoms with Gasteiger partial charge < -0.3 is 18.6 Å². The summed E-state index contributed by atoms with van der Waals surface area (Å²) in [5.41, 5.74) is 22.7. The molecular formula is C82H57N7. The van der Waals surface area contributed by atoms with Crippen molar-refractivity contribution in [2.45, 2.75) is 37.1 Å². The Bertz CT molecular complexity index is 5400. The molecule has 0 spiro atoms. The van der Waals surface area contributed by atoms with Gasteiger partial charge in [-0.1, -0.05) is 224 Å². The van der Waals surface area contributed by atoms with E-state index in [9.17, 15) is 0 Å². The molecule has 19 rings (SSSR count). The summed E-state index contributed by atoms with van der Waals surface area (Å²) >= 11 is 0. The molecule has 2 bridgehead atoms. The summed E-state index contributed by atoms with van der Waals surface area (Å²) in [6.45, 7) is 0. The average molecular weight is 1140 g/mol. The molecule has 7 nitrogen and oxygen atoms in total. The summed E-state index contributed by atoms with van der Waals surface area (Å²) in [5, 5.41) is 7.49. The largest absolute Gasteiger partial charge is 0.333 e. The van der Waals surface area contributed by atoms with Gasteiger partial charge in [-0.15, -0.1) is 0 Å². The van der Waals surface area contributed by atoms with E-state index < -0.39 is 0 Å². The first kappa shape index (κ1) is 50.0. The number of allylic oxidation sites excluding steroid dienone is 10. The van der Waals surface area contributed by atoms with Crippen LogP contribution >= 0.6 is 0 Å². The van der Waals surface area contributed by atoms with Gasteiger partial charge in [0.25, 0.3) is 0 Å². The van der Waals surface area contributed by atoms with Crippen molar-refractivity contribution in [1.82, 2.24) is 28.7 Å². The zero-order valence-corrected chi connectivity index (χ0v) is 48.7. The second kappa shape index (κ2) is 19.7. The molecule has 5 heterocycles. The average Bonchev–Trinajstić information content (AvgIpc) is 1.72. The van der Waals surface area contributed by atoms with Gasteiger partial charge in [0.15, 0.2) is 17.5 Å². The van der Waals surface area contributed by atoms with E-state index in [-0.39, 0.29) is 12.0 Å². The van der Waals surface area contributed by atoms with E-state index in [4.69, 9.17) is 15.0 Å².